The highest BCUT2D eigenvalue weighted by atomic mass is 16.5. The Morgan fingerprint density at radius 3 is 2.04 bits per heavy atom. The molecule has 0 bridgehead atoms. The van der Waals surface area contributed by atoms with Crippen molar-refractivity contribution in [3.05, 3.63) is 82.9 Å². The van der Waals surface area contributed by atoms with Crippen molar-refractivity contribution in [1.29, 1.82) is 0 Å². The highest BCUT2D eigenvalue weighted by molar-refractivity contribution is 6.30. The van der Waals surface area contributed by atoms with Gasteiger partial charge in [0.15, 0.2) is 17.3 Å². The van der Waals surface area contributed by atoms with Gasteiger partial charge in [-0.2, -0.15) is 0 Å². The van der Waals surface area contributed by atoms with E-state index < -0.39 is 5.78 Å². The van der Waals surface area contributed by atoms with Gasteiger partial charge in [-0.15, -0.1) is 0 Å². The van der Waals surface area contributed by atoms with E-state index in [9.17, 15) is 14.7 Å². The van der Waals surface area contributed by atoms with Gasteiger partial charge in [-0.3, -0.25) is 9.59 Å². The molecule has 0 amide bonds. The number of aromatic hydroxyl groups is 1. The number of ketones is 2. The molecule has 0 fully saturated rings. The summed E-state index contributed by atoms with van der Waals surface area (Å²) in [5, 5.41) is 13.8. The van der Waals surface area contributed by atoms with Crippen LogP contribution in [0.4, 0.5) is 11.4 Å². The monoisotopic (exact) mass is 345 g/mol. The number of phenolic OH excluding ortho intramolecular Hbond substituents is 1. The molecule has 1 aliphatic carbocycles. The second kappa shape index (κ2) is 6.04. The van der Waals surface area contributed by atoms with Crippen LogP contribution in [0.2, 0.25) is 0 Å². The van der Waals surface area contributed by atoms with Crippen LogP contribution >= 0.6 is 0 Å². The number of methoxy groups -OCH3 is 1. The van der Waals surface area contributed by atoms with E-state index in [1.54, 1.807) is 24.3 Å². The molecule has 128 valence electrons. The second-order valence-corrected chi connectivity index (χ2v) is 5.92. The highest BCUT2D eigenvalue weighted by Gasteiger charge is 2.35. The summed E-state index contributed by atoms with van der Waals surface area (Å²) in [4.78, 5) is 25.8. The summed E-state index contributed by atoms with van der Waals surface area (Å²) in [6, 6.07) is 17.3. The van der Waals surface area contributed by atoms with Crippen LogP contribution in [0.1, 0.15) is 31.8 Å². The first-order chi connectivity index (χ1) is 12.6. The van der Waals surface area contributed by atoms with Crippen molar-refractivity contribution in [2.45, 2.75) is 0 Å². The maximum Gasteiger partial charge on any atom is 0.198 e. The Bertz CT molecular complexity index is 1040. The SMILES string of the molecule is COc1cc(Nc2ccccc2)c(O)c2c1C(=O)c1ccccc1C2=O. The first-order valence-electron chi connectivity index (χ1n) is 8.06. The van der Waals surface area contributed by atoms with E-state index in [4.69, 9.17) is 4.74 Å². The number of carbonyl (C=O) groups excluding carboxylic acids is 2. The fourth-order valence-corrected chi connectivity index (χ4v) is 3.18. The largest absolute Gasteiger partial charge is 0.505 e. The Morgan fingerprint density at radius 2 is 1.42 bits per heavy atom. The number of rotatable bonds is 3. The van der Waals surface area contributed by atoms with Crippen molar-refractivity contribution in [2.75, 3.05) is 12.4 Å². The maximum absolute atomic E-state index is 13.0. The van der Waals surface area contributed by atoms with Crippen molar-refractivity contribution in [1.82, 2.24) is 0 Å². The molecule has 1 aliphatic rings. The van der Waals surface area contributed by atoms with E-state index in [1.807, 2.05) is 30.3 Å². The average molecular weight is 345 g/mol. The zero-order valence-electron chi connectivity index (χ0n) is 13.9. The molecule has 0 aromatic heterocycles. The van der Waals surface area contributed by atoms with Crippen LogP contribution in [-0.2, 0) is 0 Å². The van der Waals surface area contributed by atoms with E-state index in [0.717, 1.165) is 5.69 Å². The van der Waals surface area contributed by atoms with Crippen molar-refractivity contribution in [3.63, 3.8) is 0 Å². The molecule has 0 spiro atoms. The molecule has 5 nitrogen and oxygen atoms in total. The van der Waals surface area contributed by atoms with Crippen LogP contribution in [0.3, 0.4) is 0 Å². The molecule has 3 aromatic rings. The molecular weight excluding hydrogens is 330 g/mol. The van der Waals surface area contributed by atoms with Crippen LogP contribution < -0.4 is 10.1 Å². The molecule has 4 rings (SSSR count). The molecule has 0 unspecified atom stereocenters. The van der Waals surface area contributed by atoms with Crippen LogP contribution in [0.15, 0.2) is 60.7 Å². The number of benzene rings is 3. The summed E-state index contributed by atoms with van der Waals surface area (Å²) in [6.07, 6.45) is 0. The lowest BCUT2D eigenvalue weighted by Gasteiger charge is -2.22. The lowest BCUT2D eigenvalue weighted by molar-refractivity contribution is 0.0974. The summed E-state index contributed by atoms with van der Waals surface area (Å²) >= 11 is 0. The Balaban J connectivity index is 1.93. The molecule has 3 aromatic carbocycles. The Morgan fingerprint density at radius 1 is 0.846 bits per heavy atom. The van der Waals surface area contributed by atoms with Crippen molar-refractivity contribution >= 4 is 22.9 Å². The normalized spacial score (nSPS) is 12.3. The summed E-state index contributed by atoms with van der Waals surface area (Å²) in [6.45, 7) is 0. The molecule has 0 saturated carbocycles. The molecule has 26 heavy (non-hydrogen) atoms. The molecule has 0 atom stereocenters. The standard InChI is InChI=1S/C21H15NO4/c1-26-16-11-15(22-12-7-3-2-4-8-12)21(25)18-17(16)19(23)13-9-5-6-10-14(13)20(18)24/h2-11,22,25H,1H3. The fraction of sp³-hybridized carbons (Fsp3) is 0.0476. The van der Waals surface area contributed by atoms with Crippen molar-refractivity contribution in [2.24, 2.45) is 0 Å². The first kappa shape index (κ1) is 15.9. The highest BCUT2D eigenvalue weighted by Crippen LogP contribution is 2.43. The van der Waals surface area contributed by atoms with Gasteiger partial charge in [0.25, 0.3) is 0 Å². The molecule has 0 aliphatic heterocycles. The van der Waals surface area contributed by atoms with Crippen molar-refractivity contribution in [3.8, 4) is 11.5 Å². The van der Waals surface area contributed by atoms with Gasteiger partial charge in [0.1, 0.15) is 5.75 Å². The second-order valence-electron chi connectivity index (χ2n) is 5.92. The number of nitrogens with one attached hydrogen (secondary N) is 1. The van der Waals surface area contributed by atoms with Gasteiger partial charge in [0, 0.05) is 22.9 Å². The number of hydrogen-bond acceptors (Lipinski definition) is 5. The van der Waals surface area contributed by atoms with Crippen LogP contribution in [-0.4, -0.2) is 23.8 Å². The topological polar surface area (TPSA) is 75.6 Å². The minimum absolute atomic E-state index is 0.0357. The molecule has 0 radical (unpaired) electrons. The third kappa shape index (κ3) is 2.33. The summed E-state index contributed by atoms with van der Waals surface area (Å²) in [5.74, 6) is -0.766. The predicted molar refractivity (Wildman–Crippen MR) is 97.7 cm³/mol. The lowest BCUT2D eigenvalue weighted by atomic mass is 9.82. The van der Waals surface area contributed by atoms with E-state index in [1.165, 1.54) is 13.2 Å². The Labute approximate surface area is 149 Å². The van der Waals surface area contributed by atoms with E-state index in [2.05, 4.69) is 5.32 Å². The molecule has 2 N–H and O–H groups in total. The third-order valence-electron chi connectivity index (χ3n) is 4.41. The Kier molecular flexibility index (Phi) is 3.69. The third-order valence-corrected chi connectivity index (χ3v) is 4.41. The minimum Gasteiger partial charge on any atom is -0.505 e. The molecule has 0 heterocycles. The lowest BCUT2D eigenvalue weighted by Crippen LogP contribution is -2.22. The van der Waals surface area contributed by atoms with Gasteiger partial charge in [-0.05, 0) is 12.1 Å². The first-order valence-corrected chi connectivity index (χ1v) is 8.06. The molecular formula is C21H15NO4. The number of phenols is 1. The predicted octanol–water partition coefficient (Wildman–Crippen LogP) is 3.92. The minimum atomic E-state index is -0.400. The van der Waals surface area contributed by atoms with Gasteiger partial charge in [-0.1, -0.05) is 42.5 Å². The molecule has 0 saturated heterocycles. The van der Waals surface area contributed by atoms with Crippen LogP contribution in [0.25, 0.3) is 0 Å². The number of anilines is 2. The zero-order valence-corrected chi connectivity index (χ0v) is 13.9. The van der Waals surface area contributed by atoms with Gasteiger partial charge in [-0.25, -0.2) is 0 Å². The van der Waals surface area contributed by atoms with E-state index >= 15 is 0 Å². The van der Waals surface area contributed by atoms with Crippen LogP contribution in [0.5, 0.6) is 11.5 Å². The summed E-state index contributed by atoms with van der Waals surface area (Å²) in [5.41, 5.74) is 1.68. The van der Waals surface area contributed by atoms with Crippen molar-refractivity contribution < 1.29 is 19.4 Å². The number of para-hydroxylation sites is 1. The quantitative estimate of drug-likeness (QED) is 0.551. The van der Waals surface area contributed by atoms with Crippen LogP contribution in [0, 0.1) is 0 Å². The van der Waals surface area contributed by atoms with E-state index in [0.29, 0.717) is 11.3 Å². The summed E-state index contributed by atoms with van der Waals surface area (Å²) in [7, 11) is 1.43. The fourth-order valence-electron chi connectivity index (χ4n) is 3.18. The van der Waals surface area contributed by atoms with Gasteiger partial charge in [0.05, 0.1) is 23.9 Å². The smallest absolute Gasteiger partial charge is 0.198 e. The van der Waals surface area contributed by atoms with Gasteiger partial charge in [0.2, 0.25) is 0 Å². The number of carbonyl (C=O) groups is 2. The van der Waals surface area contributed by atoms with Gasteiger partial charge >= 0.3 is 0 Å². The van der Waals surface area contributed by atoms with E-state index in [-0.39, 0.29) is 34.0 Å². The maximum atomic E-state index is 13.0. The number of hydrogen-bond donors (Lipinski definition) is 2. The molecule has 5 heteroatoms. The number of ether oxygens (including phenoxy) is 1. The van der Waals surface area contributed by atoms with Gasteiger partial charge < -0.3 is 15.2 Å². The average Bonchev–Trinajstić information content (AvgIpc) is 2.68. The zero-order chi connectivity index (χ0) is 18.3. The number of fused-ring (bicyclic) bond motifs is 2. The summed E-state index contributed by atoms with van der Waals surface area (Å²) < 4.78 is 5.36. The Hall–Kier alpha value is -3.60.